The molecule has 0 saturated heterocycles. The second kappa shape index (κ2) is 5.33. The van der Waals surface area contributed by atoms with E-state index in [0.717, 1.165) is 19.3 Å². The van der Waals surface area contributed by atoms with Crippen LogP contribution in [0.3, 0.4) is 0 Å². The Morgan fingerprint density at radius 3 is 2.44 bits per heavy atom. The minimum Gasteiger partial charge on any atom is -0.198 e. The van der Waals surface area contributed by atoms with E-state index >= 15 is 0 Å². The second-order valence-electron chi connectivity index (χ2n) is 4.69. The summed E-state index contributed by atoms with van der Waals surface area (Å²) in [7, 11) is 0. The standard InChI is InChI=1S/C13H16BrNS/c14-12-6-5-11(16-12)9-13(10-15)7-3-1-2-4-8-13/h5-6H,1-4,7-9H2. The van der Waals surface area contributed by atoms with Gasteiger partial charge >= 0.3 is 0 Å². The van der Waals surface area contributed by atoms with Gasteiger partial charge < -0.3 is 0 Å². The van der Waals surface area contributed by atoms with Crippen molar-refractivity contribution in [3.05, 3.63) is 20.8 Å². The lowest BCUT2D eigenvalue weighted by molar-refractivity contribution is 0.341. The zero-order valence-electron chi connectivity index (χ0n) is 9.34. The molecule has 86 valence electrons. The Morgan fingerprint density at radius 2 is 1.94 bits per heavy atom. The monoisotopic (exact) mass is 297 g/mol. The maximum absolute atomic E-state index is 9.48. The number of hydrogen-bond acceptors (Lipinski definition) is 2. The van der Waals surface area contributed by atoms with Gasteiger partial charge in [0.2, 0.25) is 0 Å². The molecule has 0 bridgehead atoms. The van der Waals surface area contributed by atoms with Gasteiger partial charge in [0.25, 0.3) is 0 Å². The van der Waals surface area contributed by atoms with Crippen LogP contribution in [0.25, 0.3) is 0 Å². The molecule has 0 radical (unpaired) electrons. The van der Waals surface area contributed by atoms with Crippen molar-refractivity contribution in [2.24, 2.45) is 5.41 Å². The fourth-order valence-electron chi connectivity index (χ4n) is 2.51. The van der Waals surface area contributed by atoms with Crippen molar-refractivity contribution in [2.75, 3.05) is 0 Å². The molecule has 1 aliphatic carbocycles. The number of rotatable bonds is 2. The van der Waals surface area contributed by atoms with E-state index in [-0.39, 0.29) is 5.41 Å². The first-order chi connectivity index (χ1) is 7.74. The molecule has 1 saturated carbocycles. The maximum atomic E-state index is 9.48. The smallest absolute Gasteiger partial charge is 0.0701 e. The van der Waals surface area contributed by atoms with Gasteiger partial charge in [-0.3, -0.25) is 0 Å². The molecular formula is C13H16BrNS. The van der Waals surface area contributed by atoms with Crippen LogP contribution in [0.5, 0.6) is 0 Å². The molecule has 1 aliphatic rings. The van der Waals surface area contributed by atoms with Gasteiger partial charge in [-0.15, -0.1) is 11.3 Å². The minimum absolute atomic E-state index is 0.0825. The molecule has 3 heteroatoms. The lowest BCUT2D eigenvalue weighted by Crippen LogP contribution is -2.20. The number of halogens is 1. The molecule has 0 atom stereocenters. The molecule has 0 aromatic carbocycles. The first-order valence-corrected chi connectivity index (χ1v) is 7.51. The molecule has 2 rings (SSSR count). The fourth-order valence-corrected chi connectivity index (χ4v) is 4.14. The predicted molar refractivity (Wildman–Crippen MR) is 71.5 cm³/mol. The topological polar surface area (TPSA) is 23.8 Å². The fraction of sp³-hybridized carbons (Fsp3) is 0.615. The van der Waals surface area contributed by atoms with E-state index in [0.29, 0.717) is 0 Å². The highest BCUT2D eigenvalue weighted by molar-refractivity contribution is 9.11. The average Bonchev–Trinajstić information content (AvgIpc) is 2.54. The van der Waals surface area contributed by atoms with E-state index < -0.39 is 0 Å². The van der Waals surface area contributed by atoms with Gasteiger partial charge in [0.1, 0.15) is 0 Å². The van der Waals surface area contributed by atoms with Gasteiger partial charge in [-0.2, -0.15) is 5.26 Å². The first-order valence-electron chi connectivity index (χ1n) is 5.90. The van der Waals surface area contributed by atoms with E-state index in [9.17, 15) is 5.26 Å². The van der Waals surface area contributed by atoms with Crippen molar-refractivity contribution >= 4 is 27.3 Å². The Kier molecular flexibility index (Phi) is 4.05. The van der Waals surface area contributed by atoms with Crippen molar-refractivity contribution in [1.29, 1.82) is 5.26 Å². The van der Waals surface area contributed by atoms with Gasteiger partial charge in [-0.1, -0.05) is 25.7 Å². The zero-order chi connectivity index (χ0) is 11.4. The number of hydrogen-bond donors (Lipinski definition) is 0. The van der Waals surface area contributed by atoms with Crippen LogP contribution < -0.4 is 0 Å². The van der Waals surface area contributed by atoms with Crippen LogP contribution in [0.2, 0.25) is 0 Å². The molecule has 0 N–H and O–H groups in total. The van der Waals surface area contributed by atoms with Gasteiger partial charge in [0.15, 0.2) is 0 Å². The lowest BCUT2D eigenvalue weighted by Gasteiger charge is -2.23. The van der Waals surface area contributed by atoms with Crippen molar-refractivity contribution in [3.8, 4) is 6.07 Å². The van der Waals surface area contributed by atoms with Crippen molar-refractivity contribution in [2.45, 2.75) is 44.9 Å². The van der Waals surface area contributed by atoms with Crippen LogP contribution in [-0.4, -0.2) is 0 Å². The average molecular weight is 298 g/mol. The Labute approximate surface area is 110 Å². The number of nitriles is 1. The normalized spacial score (nSPS) is 20.0. The summed E-state index contributed by atoms with van der Waals surface area (Å²) in [5.74, 6) is 0. The van der Waals surface area contributed by atoms with E-state index in [1.165, 1.54) is 34.3 Å². The third-order valence-electron chi connectivity index (χ3n) is 3.44. The molecule has 1 aromatic rings. The molecule has 1 fully saturated rings. The molecule has 0 amide bonds. The third-order valence-corrected chi connectivity index (χ3v) is 5.06. The minimum atomic E-state index is -0.0825. The maximum Gasteiger partial charge on any atom is 0.0701 e. The van der Waals surface area contributed by atoms with Crippen LogP contribution in [0.1, 0.15) is 43.4 Å². The Bertz CT molecular complexity index is 383. The predicted octanol–water partition coefficient (Wildman–Crippen LogP) is 4.92. The zero-order valence-corrected chi connectivity index (χ0v) is 11.7. The van der Waals surface area contributed by atoms with Crippen LogP contribution in [0, 0.1) is 16.7 Å². The summed E-state index contributed by atoms with van der Waals surface area (Å²) in [4.78, 5) is 1.34. The lowest BCUT2D eigenvalue weighted by atomic mass is 9.78. The molecular weight excluding hydrogens is 282 g/mol. The van der Waals surface area contributed by atoms with Crippen molar-refractivity contribution < 1.29 is 0 Å². The van der Waals surface area contributed by atoms with Crippen LogP contribution in [0.15, 0.2) is 15.9 Å². The summed E-state index contributed by atoms with van der Waals surface area (Å²) in [6.45, 7) is 0. The molecule has 1 heterocycles. The molecule has 0 aliphatic heterocycles. The van der Waals surface area contributed by atoms with Gasteiger partial charge in [0.05, 0.1) is 15.3 Å². The van der Waals surface area contributed by atoms with Gasteiger partial charge in [-0.25, -0.2) is 0 Å². The Morgan fingerprint density at radius 1 is 1.25 bits per heavy atom. The molecule has 1 nitrogen and oxygen atoms in total. The quantitative estimate of drug-likeness (QED) is 0.711. The highest BCUT2D eigenvalue weighted by Crippen LogP contribution is 2.39. The summed E-state index contributed by atoms with van der Waals surface area (Å²) in [6.07, 6.45) is 8.16. The Balaban J connectivity index is 2.12. The summed E-state index contributed by atoms with van der Waals surface area (Å²) in [5, 5.41) is 9.48. The number of thiophene rings is 1. The van der Waals surface area contributed by atoms with E-state index in [4.69, 9.17) is 0 Å². The van der Waals surface area contributed by atoms with Crippen molar-refractivity contribution in [1.82, 2.24) is 0 Å². The van der Waals surface area contributed by atoms with Gasteiger partial charge in [0, 0.05) is 11.3 Å². The highest BCUT2D eigenvalue weighted by atomic mass is 79.9. The molecule has 16 heavy (non-hydrogen) atoms. The van der Waals surface area contributed by atoms with E-state index in [2.05, 4.69) is 34.1 Å². The second-order valence-corrected chi connectivity index (χ2v) is 7.24. The summed E-state index contributed by atoms with van der Waals surface area (Å²) in [5.41, 5.74) is -0.0825. The highest BCUT2D eigenvalue weighted by Gasteiger charge is 2.31. The van der Waals surface area contributed by atoms with Crippen LogP contribution in [0.4, 0.5) is 0 Å². The molecule has 1 aromatic heterocycles. The van der Waals surface area contributed by atoms with Crippen molar-refractivity contribution in [3.63, 3.8) is 0 Å². The molecule has 0 unspecified atom stereocenters. The van der Waals surface area contributed by atoms with Gasteiger partial charge in [-0.05, 0) is 40.9 Å². The summed E-state index contributed by atoms with van der Waals surface area (Å²) >= 11 is 5.26. The summed E-state index contributed by atoms with van der Waals surface area (Å²) in [6, 6.07) is 6.84. The summed E-state index contributed by atoms with van der Waals surface area (Å²) < 4.78 is 1.17. The van der Waals surface area contributed by atoms with Crippen LogP contribution >= 0.6 is 27.3 Å². The van der Waals surface area contributed by atoms with Crippen LogP contribution in [-0.2, 0) is 6.42 Å². The SMILES string of the molecule is N#CC1(Cc2ccc(Br)s2)CCCCCC1. The van der Waals surface area contributed by atoms with E-state index in [1.807, 2.05) is 0 Å². The largest absolute Gasteiger partial charge is 0.198 e. The first kappa shape index (κ1) is 12.1. The number of nitrogens with zero attached hydrogens (tertiary/aromatic N) is 1. The van der Waals surface area contributed by atoms with E-state index in [1.54, 1.807) is 11.3 Å². The third kappa shape index (κ3) is 2.87. The molecule has 0 spiro atoms. The Hall–Kier alpha value is -0.330.